The predicted molar refractivity (Wildman–Crippen MR) is 96.7 cm³/mol. The minimum atomic E-state index is -0.997. The lowest BCUT2D eigenvalue weighted by Gasteiger charge is -2.32. The molecule has 0 atom stereocenters. The van der Waals surface area contributed by atoms with Crippen molar-refractivity contribution in [2.45, 2.75) is 34.1 Å². The summed E-state index contributed by atoms with van der Waals surface area (Å²) in [7, 11) is 0. The molecule has 1 fully saturated rings. The van der Waals surface area contributed by atoms with Crippen molar-refractivity contribution >= 4 is 17.5 Å². The minimum absolute atomic E-state index is 0.202. The Morgan fingerprint density at radius 1 is 1.15 bits per heavy atom. The van der Waals surface area contributed by atoms with Crippen LogP contribution >= 0.6 is 0 Å². The average molecular weight is 364 g/mol. The fraction of sp³-hybridized carbons (Fsp3) is 0.632. The van der Waals surface area contributed by atoms with Crippen molar-refractivity contribution in [3.8, 4) is 0 Å². The summed E-state index contributed by atoms with van der Waals surface area (Å²) in [6.45, 7) is 11.0. The number of rotatable bonds is 7. The molecule has 0 amide bonds. The highest BCUT2D eigenvalue weighted by atomic mass is 16.5. The Kier molecular flexibility index (Phi) is 6.36. The summed E-state index contributed by atoms with van der Waals surface area (Å²) in [4.78, 5) is 39.1. The number of nitrogens with zero attached hydrogens (tertiary/aromatic N) is 1. The smallest absolute Gasteiger partial charge is 0.304 e. The van der Waals surface area contributed by atoms with Crippen LogP contribution in [0.3, 0.4) is 0 Å². The fourth-order valence-corrected chi connectivity index (χ4v) is 3.63. The molecule has 0 unspecified atom stereocenters. The first-order chi connectivity index (χ1) is 12.1. The van der Waals surface area contributed by atoms with Crippen LogP contribution in [0.15, 0.2) is 22.4 Å². The standard InChI is InChI=1S/C19H28N2O5/c1-12-15(19(3,4)11-14(22)23)18(25)16(13(2)17(12)24)20-5-6-21-7-9-26-10-8-21/h20H,5-11H2,1-4H3,(H,22,23). The summed E-state index contributed by atoms with van der Waals surface area (Å²) >= 11 is 0. The van der Waals surface area contributed by atoms with Crippen molar-refractivity contribution in [3.63, 3.8) is 0 Å². The molecule has 0 saturated carbocycles. The third kappa shape index (κ3) is 4.40. The third-order valence-electron chi connectivity index (χ3n) is 4.99. The molecule has 0 aromatic heterocycles. The van der Waals surface area contributed by atoms with Crippen LogP contribution in [-0.4, -0.2) is 66.9 Å². The predicted octanol–water partition coefficient (Wildman–Crippen LogP) is 1.15. The summed E-state index contributed by atoms with van der Waals surface area (Å²) in [6, 6.07) is 0. The Bertz CT molecular complexity index is 669. The molecular weight excluding hydrogens is 336 g/mol. The van der Waals surface area contributed by atoms with Crippen LogP contribution in [-0.2, 0) is 19.1 Å². The highest BCUT2D eigenvalue weighted by Crippen LogP contribution is 2.38. The van der Waals surface area contributed by atoms with E-state index in [2.05, 4.69) is 10.2 Å². The van der Waals surface area contributed by atoms with Crippen LogP contribution in [0.2, 0.25) is 0 Å². The zero-order valence-corrected chi connectivity index (χ0v) is 16.0. The van der Waals surface area contributed by atoms with Crippen molar-refractivity contribution in [2.75, 3.05) is 39.4 Å². The van der Waals surface area contributed by atoms with Gasteiger partial charge in [0.1, 0.15) is 0 Å². The topological polar surface area (TPSA) is 95.9 Å². The first-order valence-electron chi connectivity index (χ1n) is 8.92. The van der Waals surface area contributed by atoms with E-state index in [1.165, 1.54) is 0 Å². The molecule has 2 aliphatic rings. The minimum Gasteiger partial charge on any atom is -0.481 e. The van der Waals surface area contributed by atoms with Gasteiger partial charge in [0.2, 0.25) is 5.78 Å². The Labute approximate surface area is 154 Å². The zero-order valence-electron chi connectivity index (χ0n) is 16.0. The normalized spacial score (nSPS) is 20.0. The van der Waals surface area contributed by atoms with Gasteiger partial charge in [-0.2, -0.15) is 0 Å². The molecule has 26 heavy (non-hydrogen) atoms. The van der Waals surface area contributed by atoms with Crippen molar-refractivity contribution in [3.05, 3.63) is 22.4 Å². The number of nitrogens with one attached hydrogen (secondary N) is 1. The van der Waals surface area contributed by atoms with Gasteiger partial charge in [-0.05, 0) is 13.8 Å². The molecule has 1 aliphatic heterocycles. The van der Waals surface area contributed by atoms with Gasteiger partial charge >= 0.3 is 5.97 Å². The molecule has 1 saturated heterocycles. The van der Waals surface area contributed by atoms with Crippen molar-refractivity contribution in [2.24, 2.45) is 5.41 Å². The third-order valence-corrected chi connectivity index (χ3v) is 4.99. The lowest BCUT2D eigenvalue weighted by Crippen LogP contribution is -2.42. The second kappa shape index (κ2) is 8.14. The van der Waals surface area contributed by atoms with Gasteiger partial charge in [0.15, 0.2) is 5.78 Å². The number of carboxylic acid groups (broad SMARTS) is 1. The van der Waals surface area contributed by atoms with E-state index in [1.807, 2.05) is 0 Å². The van der Waals surface area contributed by atoms with Gasteiger partial charge in [0.05, 0.1) is 25.3 Å². The number of carbonyl (C=O) groups excluding carboxylic acids is 2. The lowest BCUT2D eigenvalue weighted by molar-refractivity contribution is -0.138. The molecule has 0 aromatic rings. The summed E-state index contributed by atoms with van der Waals surface area (Å²) in [5.41, 5.74) is 0.411. The maximum atomic E-state index is 13.0. The van der Waals surface area contributed by atoms with Gasteiger partial charge in [-0.3, -0.25) is 19.3 Å². The number of aliphatic carboxylic acids is 1. The van der Waals surface area contributed by atoms with E-state index in [9.17, 15) is 14.4 Å². The van der Waals surface area contributed by atoms with E-state index >= 15 is 0 Å². The molecule has 1 aliphatic carbocycles. The Balaban J connectivity index is 2.15. The number of carbonyl (C=O) groups is 3. The van der Waals surface area contributed by atoms with Crippen molar-refractivity contribution < 1.29 is 24.2 Å². The second-order valence-corrected chi connectivity index (χ2v) is 7.49. The number of morpholine rings is 1. The molecule has 144 valence electrons. The van der Waals surface area contributed by atoms with Gasteiger partial charge in [-0.1, -0.05) is 13.8 Å². The number of ketones is 2. The summed E-state index contributed by atoms with van der Waals surface area (Å²) in [6.07, 6.45) is -0.210. The second-order valence-electron chi connectivity index (χ2n) is 7.49. The largest absolute Gasteiger partial charge is 0.481 e. The molecule has 7 nitrogen and oxygen atoms in total. The van der Waals surface area contributed by atoms with Crippen LogP contribution in [0.4, 0.5) is 0 Å². The van der Waals surface area contributed by atoms with E-state index < -0.39 is 11.4 Å². The number of hydrogen-bond acceptors (Lipinski definition) is 6. The molecule has 1 heterocycles. The molecule has 0 spiro atoms. The number of hydrogen-bond donors (Lipinski definition) is 2. The van der Waals surface area contributed by atoms with Crippen LogP contribution in [0.5, 0.6) is 0 Å². The number of carboxylic acids is 1. The van der Waals surface area contributed by atoms with Gasteiger partial charge in [-0.25, -0.2) is 0 Å². The van der Waals surface area contributed by atoms with Crippen LogP contribution in [0.25, 0.3) is 0 Å². The van der Waals surface area contributed by atoms with E-state index in [4.69, 9.17) is 9.84 Å². The molecule has 7 heteroatoms. The molecular formula is C19H28N2O5. The van der Waals surface area contributed by atoms with E-state index in [0.29, 0.717) is 42.2 Å². The molecule has 0 radical (unpaired) electrons. The molecule has 2 N–H and O–H groups in total. The summed E-state index contributed by atoms with van der Waals surface area (Å²) in [5, 5.41) is 12.3. The zero-order chi connectivity index (χ0) is 19.5. The van der Waals surface area contributed by atoms with Crippen molar-refractivity contribution in [1.29, 1.82) is 0 Å². The maximum absolute atomic E-state index is 13.0. The van der Waals surface area contributed by atoms with E-state index in [1.54, 1.807) is 27.7 Å². The maximum Gasteiger partial charge on any atom is 0.304 e. The van der Waals surface area contributed by atoms with Crippen LogP contribution in [0, 0.1) is 5.41 Å². The Morgan fingerprint density at radius 2 is 1.77 bits per heavy atom. The Morgan fingerprint density at radius 3 is 2.35 bits per heavy atom. The fourth-order valence-electron chi connectivity index (χ4n) is 3.63. The highest BCUT2D eigenvalue weighted by Gasteiger charge is 2.39. The van der Waals surface area contributed by atoms with Gasteiger partial charge < -0.3 is 15.2 Å². The Hall–Kier alpha value is -1.99. The number of Topliss-reactive ketones (excluding diaryl/α,β-unsaturated/α-hetero) is 2. The van der Waals surface area contributed by atoms with Crippen molar-refractivity contribution in [1.82, 2.24) is 10.2 Å². The summed E-state index contributed by atoms with van der Waals surface area (Å²) < 4.78 is 5.31. The van der Waals surface area contributed by atoms with Crippen LogP contribution < -0.4 is 5.32 Å². The van der Waals surface area contributed by atoms with Crippen LogP contribution in [0.1, 0.15) is 34.1 Å². The van der Waals surface area contributed by atoms with E-state index in [-0.39, 0.29) is 18.0 Å². The average Bonchev–Trinajstić information content (AvgIpc) is 2.55. The first-order valence-corrected chi connectivity index (χ1v) is 8.92. The highest BCUT2D eigenvalue weighted by molar-refractivity contribution is 6.25. The quantitative estimate of drug-likeness (QED) is 0.654. The molecule has 2 rings (SSSR count). The molecule has 0 aromatic carbocycles. The van der Waals surface area contributed by atoms with Gasteiger partial charge in [0.25, 0.3) is 0 Å². The first kappa shape index (κ1) is 20.3. The SMILES string of the molecule is CC1=C(NCCN2CCOCC2)C(=O)C(C(C)(C)CC(=O)O)=C(C)C1=O. The van der Waals surface area contributed by atoms with Gasteiger partial charge in [-0.15, -0.1) is 0 Å². The lowest BCUT2D eigenvalue weighted by atomic mass is 9.72. The monoisotopic (exact) mass is 364 g/mol. The van der Waals surface area contributed by atoms with Gasteiger partial charge in [0, 0.05) is 48.3 Å². The number of ether oxygens (including phenoxy) is 1. The molecule has 0 bridgehead atoms. The van der Waals surface area contributed by atoms with E-state index in [0.717, 1.165) is 19.6 Å². The summed E-state index contributed by atoms with van der Waals surface area (Å²) in [5.74, 6) is -1.47. The number of allylic oxidation sites excluding steroid dienone is 3.